The maximum atomic E-state index is 13.7. The van der Waals surface area contributed by atoms with Gasteiger partial charge in [0.05, 0.1) is 18.2 Å². The van der Waals surface area contributed by atoms with Crippen molar-refractivity contribution in [1.82, 2.24) is 19.9 Å². The molecule has 0 saturated heterocycles. The number of pyridine rings is 1. The number of para-hydroxylation sites is 1. The van der Waals surface area contributed by atoms with E-state index in [4.69, 9.17) is 4.74 Å². The van der Waals surface area contributed by atoms with Crippen LogP contribution in [0.4, 0.5) is 4.39 Å². The number of halogens is 1. The number of amides is 1. The van der Waals surface area contributed by atoms with Crippen LogP contribution in [0.5, 0.6) is 5.75 Å². The van der Waals surface area contributed by atoms with Gasteiger partial charge in [-0.2, -0.15) is 0 Å². The molecule has 4 rings (SSSR count). The van der Waals surface area contributed by atoms with Gasteiger partial charge in [-0.05, 0) is 42.3 Å². The molecule has 0 unspecified atom stereocenters. The van der Waals surface area contributed by atoms with Crippen molar-refractivity contribution in [2.24, 2.45) is 0 Å². The molecule has 0 aliphatic heterocycles. The highest BCUT2D eigenvalue weighted by molar-refractivity contribution is 5.94. The van der Waals surface area contributed by atoms with E-state index in [-0.39, 0.29) is 11.7 Å². The number of hydrogen-bond acceptors (Lipinski definition) is 4. The summed E-state index contributed by atoms with van der Waals surface area (Å²) < 4.78 is 20.9. The molecule has 4 aromatic rings. The molecule has 0 atom stereocenters. The van der Waals surface area contributed by atoms with Crippen LogP contribution >= 0.6 is 0 Å². The molecular formula is C22H19FN4O2. The summed E-state index contributed by atoms with van der Waals surface area (Å²) in [5.74, 6) is 0.733. The molecule has 6 nitrogen and oxygen atoms in total. The van der Waals surface area contributed by atoms with Crippen LogP contribution in [-0.4, -0.2) is 34.2 Å². The van der Waals surface area contributed by atoms with E-state index in [0.717, 1.165) is 5.56 Å². The van der Waals surface area contributed by atoms with Crippen molar-refractivity contribution in [3.63, 3.8) is 0 Å². The average Bonchev–Trinajstić information content (AvgIpc) is 3.18. The van der Waals surface area contributed by atoms with Gasteiger partial charge in [-0.25, -0.2) is 4.39 Å². The van der Waals surface area contributed by atoms with E-state index in [2.05, 4.69) is 15.5 Å². The molecule has 7 heteroatoms. The number of methoxy groups -OCH3 is 1. The molecule has 29 heavy (non-hydrogen) atoms. The minimum Gasteiger partial charge on any atom is -0.496 e. The van der Waals surface area contributed by atoms with Gasteiger partial charge in [0.2, 0.25) is 0 Å². The molecule has 0 spiro atoms. The fraction of sp³-hybridized carbons (Fsp3) is 0.136. The summed E-state index contributed by atoms with van der Waals surface area (Å²) in [6, 6.07) is 17.5. The van der Waals surface area contributed by atoms with Crippen LogP contribution in [0.3, 0.4) is 0 Å². The summed E-state index contributed by atoms with van der Waals surface area (Å²) in [4.78, 5) is 12.6. The first kappa shape index (κ1) is 18.6. The summed E-state index contributed by atoms with van der Waals surface area (Å²) >= 11 is 0. The van der Waals surface area contributed by atoms with E-state index in [1.807, 2.05) is 24.3 Å². The van der Waals surface area contributed by atoms with E-state index >= 15 is 0 Å². The number of benzene rings is 2. The lowest BCUT2D eigenvalue weighted by atomic mass is 10.1. The van der Waals surface area contributed by atoms with Crippen LogP contribution in [0.1, 0.15) is 15.9 Å². The zero-order valence-corrected chi connectivity index (χ0v) is 15.8. The van der Waals surface area contributed by atoms with Gasteiger partial charge in [-0.3, -0.25) is 9.20 Å². The van der Waals surface area contributed by atoms with Gasteiger partial charge in [0.1, 0.15) is 11.6 Å². The normalized spacial score (nSPS) is 10.8. The lowest BCUT2D eigenvalue weighted by Gasteiger charge is -2.08. The van der Waals surface area contributed by atoms with Crippen LogP contribution in [0.25, 0.3) is 17.0 Å². The highest BCUT2D eigenvalue weighted by Gasteiger charge is 2.14. The quantitative estimate of drug-likeness (QED) is 0.547. The predicted octanol–water partition coefficient (Wildman–Crippen LogP) is 3.52. The van der Waals surface area contributed by atoms with Gasteiger partial charge < -0.3 is 10.1 Å². The third-order valence-corrected chi connectivity index (χ3v) is 4.65. The molecule has 0 aliphatic carbocycles. The van der Waals surface area contributed by atoms with Gasteiger partial charge in [0.15, 0.2) is 11.5 Å². The standard InChI is InChI=1S/C22H19FN4O2/c1-29-19-9-5-3-7-17(19)21-26-25-20-11-10-16(14-27(20)21)22(28)24-13-12-15-6-2-4-8-18(15)23/h2-11,14H,12-13H2,1H3,(H,24,28). The summed E-state index contributed by atoms with van der Waals surface area (Å²) in [5, 5.41) is 11.2. The van der Waals surface area contributed by atoms with Crippen molar-refractivity contribution in [1.29, 1.82) is 0 Å². The molecule has 1 N–H and O–H groups in total. The van der Waals surface area contributed by atoms with E-state index in [1.54, 1.807) is 48.0 Å². The highest BCUT2D eigenvalue weighted by Crippen LogP contribution is 2.28. The second-order valence-electron chi connectivity index (χ2n) is 6.47. The third-order valence-electron chi connectivity index (χ3n) is 4.65. The zero-order valence-electron chi connectivity index (χ0n) is 15.8. The topological polar surface area (TPSA) is 68.5 Å². The van der Waals surface area contributed by atoms with Gasteiger partial charge in [0, 0.05) is 12.7 Å². The monoisotopic (exact) mass is 390 g/mol. The fourth-order valence-electron chi connectivity index (χ4n) is 3.15. The molecule has 0 radical (unpaired) electrons. The molecule has 0 bridgehead atoms. The molecule has 2 heterocycles. The Hall–Kier alpha value is -3.74. The van der Waals surface area contributed by atoms with Crippen molar-refractivity contribution in [2.45, 2.75) is 6.42 Å². The Bertz CT molecular complexity index is 1170. The maximum absolute atomic E-state index is 13.7. The molecule has 2 aromatic carbocycles. The SMILES string of the molecule is COc1ccccc1-c1nnc2ccc(C(=O)NCCc3ccccc3F)cn12. The number of nitrogens with zero attached hydrogens (tertiary/aromatic N) is 3. The van der Waals surface area contributed by atoms with Crippen molar-refractivity contribution >= 4 is 11.6 Å². The van der Waals surface area contributed by atoms with E-state index in [9.17, 15) is 9.18 Å². The minimum atomic E-state index is -0.269. The lowest BCUT2D eigenvalue weighted by Crippen LogP contribution is -2.26. The number of nitrogens with one attached hydrogen (secondary N) is 1. The van der Waals surface area contributed by atoms with Crippen molar-refractivity contribution in [3.8, 4) is 17.1 Å². The first-order valence-corrected chi connectivity index (χ1v) is 9.17. The number of aromatic nitrogens is 3. The summed E-state index contributed by atoms with van der Waals surface area (Å²) in [7, 11) is 1.59. The van der Waals surface area contributed by atoms with Gasteiger partial charge >= 0.3 is 0 Å². The Morgan fingerprint density at radius 1 is 1.07 bits per heavy atom. The second-order valence-corrected chi connectivity index (χ2v) is 6.47. The van der Waals surface area contributed by atoms with E-state index < -0.39 is 0 Å². The number of carbonyl (C=O) groups excluding carboxylic acids is 1. The largest absolute Gasteiger partial charge is 0.496 e. The first-order chi connectivity index (χ1) is 14.2. The van der Waals surface area contributed by atoms with E-state index in [1.165, 1.54) is 6.07 Å². The van der Waals surface area contributed by atoms with E-state index in [0.29, 0.717) is 41.3 Å². The third kappa shape index (κ3) is 3.80. The van der Waals surface area contributed by atoms with Crippen LogP contribution in [-0.2, 0) is 6.42 Å². The molecule has 146 valence electrons. The second kappa shape index (κ2) is 8.10. The van der Waals surface area contributed by atoms with Crippen molar-refractivity contribution < 1.29 is 13.9 Å². The number of ether oxygens (including phenoxy) is 1. The predicted molar refractivity (Wildman–Crippen MR) is 107 cm³/mol. The Morgan fingerprint density at radius 3 is 2.69 bits per heavy atom. The molecule has 0 aliphatic rings. The minimum absolute atomic E-state index is 0.247. The smallest absolute Gasteiger partial charge is 0.252 e. The van der Waals surface area contributed by atoms with Crippen LogP contribution < -0.4 is 10.1 Å². The average molecular weight is 390 g/mol. The van der Waals surface area contributed by atoms with Crippen LogP contribution in [0.15, 0.2) is 66.9 Å². The zero-order chi connectivity index (χ0) is 20.2. The Morgan fingerprint density at radius 2 is 1.86 bits per heavy atom. The number of carbonyl (C=O) groups is 1. The Kier molecular flexibility index (Phi) is 5.20. The number of rotatable bonds is 6. The molecule has 1 amide bonds. The van der Waals surface area contributed by atoms with Crippen molar-refractivity contribution in [3.05, 3.63) is 83.8 Å². The number of fused-ring (bicyclic) bond motifs is 1. The van der Waals surface area contributed by atoms with Gasteiger partial charge in [0.25, 0.3) is 5.91 Å². The van der Waals surface area contributed by atoms with Crippen LogP contribution in [0.2, 0.25) is 0 Å². The van der Waals surface area contributed by atoms with Crippen molar-refractivity contribution in [2.75, 3.05) is 13.7 Å². The first-order valence-electron chi connectivity index (χ1n) is 9.17. The van der Waals surface area contributed by atoms with Gasteiger partial charge in [-0.1, -0.05) is 30.3 Å². The van der Waals surface area contributed by atoms with Crippen LogP contribution in [0, 0.1) is 5.82 Å². The maximum Gasteiger partial charge on any atom is 0.252 e. The molecule has 0 saturated carbocycles. The Labute approximate surface area is 167 Å². The van der Waals surface area contributed by atoms with Gasteiger partial charge in [-0.15, -0.1) is 10.2 Å². The highest BCUT2D eigenvalue weighted by atomic mass is 19.1. The lowest BCUT2D eigenvalue weighted by molar-refractivity contribution is 0.0953. The molecule has 2 aromatic heterocycles. The summed E-state index contributed by atoms with van der Waals surface area (Å²) in [6.07, 6.45) is 2.11. The summed E-state index contributed by atoms with van der Waals surface area (Å²) in [5.41, 5.74) is 2.43. The number of hydrogen-bond donors (Lipinski definition) is 1. The fourth-order valence-corrected chi connectivity index (χ4v) is 3.15. The molecule has 0 fully saturated rings. The Balaban J connectivity index is 1.55. The summed E-state index contributed by atoms with van der Waals surface area (Å²) in [6.45, 7) is 0.333. The molecular weight excluding hydrogens is 371 g/mol.